The molecule has 162 valence electrons. The Morgan fingerprint density at radius 1 is 1.31 bits per heavy atom. The lowest BCUT2D eigenvalue weighted by atomic mass is 9.99. The number of hydrogen-bond donors (Lipinski definition) is 2. The van der Waals surface area contributed by atoms with Gasteiger partial charge in [0.2, 0.25) is 5.91 Å². The Kier molecular flexibility index (Phi) is 6.38. The Morgan fingerprint density at radius 3 is 2.88 bits per heavy atom. The van der Waals surface area contributed by atoms with Crippen LogP contribution in [0.2, 0.25) is 0 Å². The van der Waals surface area contributed by atoms with Crippen molar-refractivity contribution >= 4 is 40.0 Å². The lowest BCUT2D eigenvalue weighted by Gasteiger charge is -2.22. The van der Waals surface area contributed by atoms with Gasteiger partial charge in [0.1, 0.15) is 28.2 Å². The van der Waals surface area contributed by atoms with Crippen molar-refractivity contribution in [1.82, 2.24) is 0 Å². The Balaban J connectivity index is 1.44. The SMILES string of the molecule is CCOC(=O)C1CNc2c(sc(NC(=O)C=Cc3ccc(-c4ccccc4)o3)c2C#N)C1. The molecule has 1 aromatic carbocycles. The van der Waals surface area contributed by atoms with E-state index in [1.54, 1.807) is 19.1 Å². The third-order valence-electron chi connectivity index (χ3n) is 4.99. The van der Waals surface area contributed by atoms with E-state index >= 15 is 0 Å². The second-order valence-corrected chi connectivity index (χ2v) is 8.25. The molecule has 3 aromatic rings. The molecule has 4 rings (SSSR count). The number of nitriles is 1. The van der Waals surface area contributed by atoms with Crippen LogP contribution in [0.15, 0.2) is 53.0 Å². The van der Waals surface area contributed by atoms with Crippen LogP contribution < -0.4 is 10.6 Å². The van der Waals surface area contributed by atoms with Crippen molar-refractivity contribution in [2.75, 3.05) is 23.8 Å². The number of ether oxygens (including phenoxy) is 1. The van der Waals surface area contributed by atoms with E-state index < -0.39 is 0 Å². The number of anilines is 2. The highest BCUT2D eigenvalue weighted by Crippen LogP contribution is 2.41. The van der Waals surface area contributed by atoms with Crippen molar-refractivity contribution in [3.8, 4) is 17.4 Å². The minimum Gasteiger partial charge on any atom is -0.466 e. The van der Waals surface area contributed by atoms with Crippen LogP contribution in [0.25, 0.3) is 17.4 Å². The number of carbonyl (C=O) groups is 2. The van der Waals surface area contributed by atoms with E-state index in [0.29, 0.717) is 47.3 Å². The quantitative estimate of drug-likeness (QED) is 0.420. The molecule has 32 heavy (non-hydrogen) atoms. The van der Waals surface area contributed by atoms with Gasteiger partial charge in [0, 0.05) is 23.1 Å². The largest absolute Gasteiger partial charge is 0.466 e. The average Bonchev–Trinajstić information content (AvgIpc) is 3.42. The average molecular weight is 448 g/mol. The first-order valence-corrected chi connectivity index (χ1v) is 11.0. The molecule has 1 unspecified atom stereocenters. The molecule has 0 bridgehead atoms. The summed E-state index contributed by atoms with van der Waals surface area (Å²) in [5.74, 6) is 0.308. The number of thiophene rings is 1. The fraction of sp³-hybridized carbons (Fsp3) is 0.208. The molecule has 0 spiro atoms. The maximum Gasteiger partial charge on any atom is 0.311 e. The van der Waals surface area contributed by atoms with E-state index in [0.717, 1.165) is 10.4 Å². The smallest absolute Gasteiger partial charge is 0.311 e. The lowest BCUT2D eigenvalue weighted by molar-refractivity contribution is -0.147. The summed E-state index contributed by atoms with van der Waals surface area (Å²) in [6, 6.07) is 15.5. The van der Waals surface area contributed by atoms with E-state index in [9.17, 15) is 14.9 Å². The van der Waals surface area contributed by atoms with Gasteiger partial charge in [-0.3, -0.25) is 9.59 Å². The highest BCUT2D eigenvalue weighted by molar-refractivity contribution is 7.17. The highest BCUT2D eigenvalue weighted by Gasteiger charge is 2.30. The second kappa shape index (κ2) is 9.54. The number of carbonyl (C=O) groups excluding carboxylic acids is 2. The summed E-state index contributed by atoms with van der Waals surface area (Å²) in [6.45, 7) is 2.49. The van der Waals surface area contributed by atoms with Gasteiger partial charge in [-0.1, -0.05) is 30.3 Å². The molecular weight excluding hydrogens is 426 g/mol. The van der Waals surface area contributed by atoms with Gasteiger partial charge in [-0.2, -0.15) is 5.26 Å². The van der Waals surface area contributed by atoms with Gasteiger partial charge in [0.15, 0.2) is 0 Å². The molecule has 7 nitrogen and oxygen atoms in total. The number of benzene rings is 1. The van der Waals surface area contributed by atoms with Gasteiger partial charge in [0.05, 0.1) is 18.2 Å². The Morgan fingerprint density at radius 2 is 2.12 bits per heavy atom. The summed E-state index contributed by atoms with van der Waals surface area (Å²) in [5, 5.41) is 16.0. The molecule has 8 heteroatoms. The third kappa shape index (κ3) is 4.58. The zero-order chi connectivity index (χ0) is 22.5. The Bertz CT molecular complexity index is 1200. The molecule has 0 saturated heterocycles. The molecule has 1 atom stereocenters. The molecule has 0 fully saturated rings. The van der Waals surface area contributed by atoms with E-state index in [2.05, 4.69) is 16.7 Å². The first kappa shape index (κ1) is 21.4. The summed E-state index contributed by atoms with van der Waals surface area (Å²) >= 11 is 1.30. The van der Waals surface area contributed by atoms with E-state index in [-0.39, 0.29) is 17.8 Å². The van der Waals surface area contributed by atoms with Crippen LogP contribution in [0.3, 0.4) is 0 Å². The van der Waals surface area contributed by atoms with Crippen LogP contribution in [-0.2, 0) is 20.7 Å². The van der Waals surface area contributed by atoms with Crippen LogP contribution in [0, 0.1) is 17.2 Å². The maximum atomic E-state index is 12.5. The topological polar surface area (TPSA) is 104 Å². The molecule has 1 amide bonds. The predicted molar refractivity (Wildman–Crippen MR) is 123 cm³/mol. The van der Waals surface area contributed by atoms with Crippen molar-refractivity contribution in [2.45, 2.75) is 13.3 Å². The monoisotopic (exact) mass is 447 g/mol. The van der Waals surface area contributed by atoms with Crippen molar-refractivity contribution in [3.63, 3.8) is 0 Å². The summed E-state index contributed by atoms with van der Waals surface area (Å²) in [5.41, 5.74) is 2.00. The number of esters is 1. The molecule has 2 N–H and O–H groups in total. The fourth-order valence-corrected chi connectivity index (χ4v) is 4.67. The van der Waals surface area contributed by atoms with Gasteiger partial charge in [-0.05, 0) is 31.6 Å². The Hall–Kier alpha value is -3.83. The molecule has 1 aliphatic rings. The van der Waals surface area contributed by atoms with Crippen molar-refractivity contribution in [2.24, 2.45) is 5.92 Å². The standard InChI is InChI=1S/C24H21N3O4S/c1-2-30-24(29)16-12-20-22(26-14-16)18(13-25)23(32-20)27-21(28)11-9-17-8-10-19(31-17)15-6-4-3-5-7-15/h3-11,16,26H,2,12,14H2,1H3,(H,27,28). The zero-order valence-corrected chi connectivity index (χ0v) is 18.2. The van der Waals surface area contributed by atoms with E-state index in [1.165, 1.54) is 17.4 Å². The number of furan rings is 1. The number of rotatable bonds is 6. The van der Waals surface area contributed by atoms with E-state index in [1.807, 2.05) is 36.4 Å². The molecular formula is C24H21N3O4S. The number of hydrogen-bond acceptors (Lipinski definition) is 7. The number of amides is 1. The predicted octanol–water partition coefficient (Wildman–Crippen LogP) is 4.68. The molecule has 1 aliphatic heterocycles. The molecule has 0 aliphatic carbocycles. The van der Waals surface area contributed by atoms with Gasteiger partial charge >= 0.3 is 5.97 Å². The summed E-state index contributed by atoms with van der Waals surface area (Å²) in [7, 11) is 0. The van der Waals surface area contributed by atoms with Crippen LogP contribution in [0.1, 0.15) is 23.1 Å². The van der Waals surface area contributed by atoms with Crippen LogP contribution >= 0.6 is 11.3 Å². The van der Waals surface area contributed by atoms with Crippen LogP contribution in [0.4, 0.5) is 10.7 Å². The van der Waals surface area contributed by atoms with Gasteiger partial charge < -0.3 is 19.8 Å². The lowest BCUT2D eigenvalue weighted by Crippen LogP contribution is -2.30. The first-order valence-electron chi connectivity index (χ1n) is 10.2. The molecule has 2 aromatic heterocycles. The van der Waals surface area contributed by atoms with E-state index in [4.69, 9.17) is 9.15 Å². The highest BCUT2D eigenvalue weighted by atomic mass is 32.1. The third-order valence-corrected chi connectivity index (χ3v) is 6.12. The minimum absolute atomic E-state index is 0.264. The first-order chi connectivity index (χ1) is 15.6. The molecule has 3 heterocycles. The second-order valence-electron chi connectivity index (χ2n) is 7.14. The number of nitrogens with one attached hydrogen (secondary N) is 2. The summed E-state index contributed by atoms with van der Waals surface area (Å²) in [6.07, 6.45) is 3.42. The Labute approximate surface area is 189 Å². The molecule has 0 saturated carbocycles. The van der Waals surface area contributed by atoms with Crippen molar-refractivity contribution < 1.29 is 18.7 Å². The summed E-state index contributed by atoms with van der Waals surface area (Å²) in [4.78, 5) is 25.4. The minimum atomic E-state index is -0.375. The van der Waals surface area contributed by atoms with Crippen LogP contribution in [-0.4, -0.2) is 25.0 Å². The van der Waals surface area contributed by atoms with Crippen molar-refractivity contribution in [1.29, 1.82) is 5.26 Å². The van der Waals surface area contributed by atoms with Gasteiger partial charge in [-0.15, -0.1) is 11.3 Å². The maximum absolute atomic E-state index is 12.5. The number of fused-ring (bicyclic) bond motifs is 1. The van der Waals surface area contributed by atoms with Gasteiger partial charge in [-0.25, -0.2) is 0 Å². The van der Waals surface area contributed by atoms with Gasteiger partial charge in [0.25, 0.3) is 0 Å². The van der Waals surface area contributed by atoms with Crippen LogP contribution in [0.5, 0.6) is 0 Å². The fourth-order valence-electron chi connectivity index (χ4n) is 3.46. The zero-order valence-electron chi connectivity index (χ0n) is 17.4. The molecule has 0 radical (unpaired) electrons. The summed E-state index contributed by atoms with van der Waals surface area (Å²) < 4.78 is 10.9. The number of nitrogens with zero attached hydrogens (tertiary/aromatic N) is 1. The van der Waals surface area contributed by atoms with Crippen molar-refractivity contribution in [3.05, 3.63) is 64.7 Å². The normalized spacial score (nSPS) is 14.9.